The Labute approximate surface area is 167 Å². The number of ether oxygens (including phenoxy) is 1. The van der Waals surface area contributed by atoms with E-state index in [1.807, 2.05) is 0 Å². The van der Waals surface area contributed by atoms with E-state index in [2.05, 4.69) is 9.88 Å². The molecule has 0 saturated carbocycles. The fraction of sp³-hybridized carbons (Fsp3) is 0.778. The van der Waals surface area contributed by atoms with Crippen LogP contribution in [0.2, 0.25) is 0 Å². The van der Waals surface area contributed by atoms with Crippen LogP contribution in [0.1, 0.15) is 29.9 Å². The van der Waals surface area contributed by atoms with Crippen LogP contribution in [0.15, 0.2) is 12.4 Å². The van der Waals surface area contributed by atoms with Gasteiger partial charge in [0.05, 0.1) is 6.26 Å². The Hall–Kier alpha value is -1.49. The van der Waals surface area contributed by atoms with Crippen molar-refractivity contribution in [2.24, 2.45) is 7.05 Å². The molecule has 3 heterocycles. The lowest BCUT2D eigenvalue weighted by Gasteiger charge is -2.39. The van der Waals surface area contributed by atoms with Gasteiger partial charge < -0.3 is 14.2 Å². The van der Waals surface area contributed by atoms with Crippen molar-refractivity contribution in [2.75, 3.05) is 52.7 Å². The fourth-order valence-electron chi connectivity index (χ4n) is 4.07. The van der Waals surface area contributed by atoms with Crippen LogP contribution in [0.25, 0.3) is 0 Å². The van der Waals surface area contributed by atoms with Crippen LogP contribution >= 0.6 is 0 Å². The number of rotatable bonds is 7. The maximum Gasteiger partial charge on any atom is 0.289 e. The molecule has 28 heavy (non-hydrogen) atoms. The molecule has 10 heteroatoms. The van der Waals surface area contributed by atoms with Crippen molar-refractivity contribution in [1.29, 1.82) is 0 Å². The lowest BCUT2D eigenvalue weighted by atomic mass is 10.0. The Morgan fingerprint density at radius 2 is 1.96 bits per heavy atom. The van der Waals surface area contributed by atoms with Gasteiger partial charge in [-0.25, -0.2) is 17.7 Å². The van der Waals surface area contributed by atoms with Crippen molar-refractivity contribution in [1.82, 2.24) is 23.7 Å². The number of likely N-dealkylation sites (N-methyl/N-ethyl adjacent to an activating group) is 1. The first-order valence-electron chi connectivity index (χ1n) is 9.78. The highest BCUT2D eigenvalue weighted by Gasteiger charge is 2.36. The summed E-state index contributed by atoms with van der Waals surface area (Å²) in [6.07, 6.45) is 7.34. The molecule has 1 aromatic rings. The maximum atomic E-state index is 12.6. The number of sulfonamides is 1. The van der Waals surface area contributed by atoms with Gasteiger partial charge in [0.25, 0.3) is 5.91 Å². The summed E-state index contributed by atoms with van der Waals surface area (Å²) in [5.74, 6) is 0.313. The first-order chi connectivity index (χ1) is 13.3. The summed E-state index contributed by atoms with van der Waals surface area (Å²) in [6.45, 7) is 3.81. The SMILES string of the molecule is CN(CCN(C1CCOCC1)C1CCN(S(C)(=O)=O)C1)C(=O)c1nccn1C. The van der Waals surface area contributed by atoms with Gasteiger partial charge in [0.15, 0.2) is 5.82 Å². The molecule has 3 rings (SSSR count). The summed E-state index contributed by atoms with van der Waals surface area (Å²) < 4.78 is 32.6. The summed E-state index contributed by atoms with van der Waals surface area (Å²) in [7, 11) is 0.422. The second kappa shape index (κ2) is 8.89. The summed E-state index contributed by atoms with van der Waals surface area (Å²) in [6, 6.07) is 0.532. The van der Waals surface area contributed by atoms with Crippen LogP contribution < -0.4 is 0 Å². The molecule has 2 saturated heterocycles. The minimum atomic E-state index is -3.17. The van der Waals surface area contributed by atoms with Crippen molar-refractivity contribution in [3.8, 4) is 0 Å². The predicted molar refractivity (Wildman–Crippen MR) is 106 cm³/mol. The van der Waals surface area contributed by atoms with Gasteiger partial charge >= 0.3 is 0 Å². The van der Waals surface area contributed by atoms with Gasteiger partial charge in [-0.3, -0.25) is 9.69 Å². The fourth-order valence-corrected chi connectivity index (χ4v) is 4.95. The molecule has 2 aliphatic rings. The molecule has 0 radical (unpaired) electrons. The van der Waals surface area contributed by atoms with Crippen molar-refractivity contribution in [2.45, 2.75) is 31.3 Å². The largest absolute Gasteiger partial charge is 0.381 e. The first kappa shape index (κ1) is 21.2. The lowest BCUT2D eigenvalue weighted by Crippen LogP contribution is -2.50. The van der Waals surface area contributed by atoms with Gasteiger partial charge in [-0.2, -0.15) is 0 Å². The molecule has 1 atom stereocenters. The average Bonchev–Trinajstić information content (AvgIpc) is 3.31. The summed E-state index contributed by atoms with van der Waals surface area (Å²) in [5, 5.41) is 0. The van der Waals surface area contributed by atoms with E-state index in [0.717, 1.165) is 32.5 Å². The molecule has 1 aromatic heterocycles. The van der Waals surface area contributed by atoms with E-state index in [-0.39, 0.29) is 11.9 Å². The van der Waals surface area contributed by atoms with Crippen molar-refractivity contribution >= 4 is 15.9 Å². The number of hydrogen-bond donors (Lipinski definition) is 0. The number of imidazole rings is 1. The molecule has 0 aromatic carbocycles. The normalized spacial score (nSPS) is 22.1. The molecular formula is C18H31N5O4S. The smallest absolute Gasteiger partial charge is 0.289 e. The third-order valence-electron chi connectivity index (χ3n) is 5.78. The maximum absolute atomic E-state index is 12.6. The Morgan fingerprint density at radius 1 is 1.25 bits per heavy atom. The molecule has 1 amide bonds. The van der Waals surface area contributed by atoms with Gasteiger partial charge in [0.1, 0.15) is 0 Å². The minimum absolute atomic E-state index is 0.108. The Balaban J connectivity index is 1.66. The van der Waals surface area contributed by atoms with Crippen LogP contribution in [-0.4, -0.2) is 103 Å². The number of aryl methyl sites for hydroxylation is 1. The number of aromatic nitrogens is 2. The van der Waals surface area contributed by atoms with E-state index in [4.69, 9.17) is 4.74 Å². The number of nitrogens with zero attached hydrogens (tertiary/aromatic N) is 5. The highest BCUT2D eigenvalue weighted by Crippen LogP contribution is 2.24. The summed E-state index contributed by atoms with van der Waals surface area (Å²) >= 11 is 0. The average molecular weight is 414 g/mol. The Kier molecular flexibility index (Phi) is 6.74. The highest BCUT2D eigenvalue weighted by atomic mass is 32.2. The summed E-state index contributed by atoms with van der Waals surface area (Å²) in [5.41, 5.74) is 0. The molecule has 1 unspecified atom stereocenters. The zero-order valence-corrected chi connectivity index (χ0v) is 17.8. The highest BCUT2D eigenvalue weighted by molar-refractivity contribution is 7.88. The second-order valence-corrected chi connectivity index (χ2v) is 9.72. The van der Waals surface area contributed by atoms with Crippen LogP contribution in [0.3, 0.4) is 0 Å². The third kappa shape index (κ3) is 4.91. The van der Waals surface area contributed by atoms with Crippen molar-refractivity contribution in [3.05, 3.63) is 18.2 Å². The molecule has 9 nitrogen and oxygen atoms in total. The quantitative estimate of drug-likeness (QED) is 0.626. The Morgan fingerprint density at radius 3 is 2.54 bits per heavy atom. The molecule has 0 N–H and O–H groups in total. The minimum Gasteiger partial charge on any atom is -0.381 e. The molecular weight excluding hydrogens is 382 g/mol. The molecule has 0 bridgehead atoms. The Bertz CT molecular complexity index is 775. The van der Waals surface area contributed by atoms with Crippen molar-refractivity contribution in [3.63, 3.8) is 0 Å². The first-order valence-corrected chi connectivity index (χ1v) is 11.6. The lowest BCUT2D eigenvalue weighted by molar-refractivity contribution is 0.0157. The van der Waals surface area contributed by atoms with E-state index in [9.17, 15) is 13.2 Å². The van der Waals surface area contributed by atoms with Gasteiger partial charge in [-0.1, -0.05) is 0 Å². The van der Waals surface area contributed by atoms with Crippen LogP contribution in [0, 0.1) is 0 Å². The van der Waals surface area contributed by atoms with Gasteiger partial charge in [0.2, 0.25) is 10.0 Å². The second-order valence-electron chi connectivity index (χ2n) is 7.73. The number of carbonyl (C=O) groups excluding carboxylic acids is 1. The molecule has 2 fully saturated rings. The van der Waals surface area contributed by atoms with E-state index < -0.39 is 10.0 Å². The van der Waals surface area contributed by atoms with Gasteiger partial charge in [-0.15, -0.1) is 0 Å². The number of carbonyl (C=O) groups is 1. The van der Waals surface area contributed by atoms with Crippen LogP contribution in [0.4, 0.5) is 0 Å². The van der Waals surface area contributed by atoms with E-state index in [1.165, 1.54) is 6.26 Å². The van der Waals surface area contributed by atoms with Crippen LogP contribution in [0.5, 0.6) is 0 Å². The van der Waals surface area contributed by atoms with Gasteiger partial charge in [0, 0.05) is 78.0 Å². The van der Waals surface area contributed by atoms with E-state index >= 15 is 0 Å². The number of amides is 1. The van der Waals surface area contributed by atoms with E-state index in [0.29, 0.717) is 38.0 Å². The predicted octanol–water partition coefficient (Wildman–Crippen LogP) is 0.00700. The van der Waals surface area contributed by atoms with Crippen molar-refractivity contribution < 1.29 is 17.9 Å². The van der Waals surface area contributed by atoms with E-state index in [1.54, 1.807) is 40.3 Å². The topological polar surface area (TPSA) is 88.0 Å². The molecule has 0 aliphatic carbocycles. The van der Waals surface area contributed by atoms with Crippen LogP contribution in [-0.2, 0) is 21.8 Å². The summed E-state index contributed by atoms with van der Waals surface area (Å²) in [4.78, 5) is 20.9. The molecule has 2 aliphatic heterocycles. The third-order valence-corrected chi connectivity index (χ3v) is 7.05. The monoisotopic (exact) mass is 413 g/mol. The zero-order chi connectivity index (χ0) is 20.3. The standard InChI is InChI=1S/C18H31N5O4S/c1-20-9-7-19-17(20)18(24)21(2)10-11-23(15-5-12-27-13-6-15)16-4-8-22(14-16)28(3,25)26/h7,9,15-16H,4-6,8,10-14H2,1-3H3. The van der Waals surface area contributed by atoms with Gasteiger partial charge in [-0.05, 0) is 19.3 Å². The number of hydrogen-bond acceptors (Lipinski definition) is 6. The molecule has 158 valence electrons. The molecule has 0 spiro atoms. The zero-order valence-electron chi connectivity index (χ0n) is 17.0.